The van der Waals surface area contributed by atoms with Gasteiger partial charge >= 0.3 is 6.09 Å². The summed E-state index contributed by atoms with van der Waals surface area (Å²) in [6.45, 7) is 10.3. The number of ether oxygens (including phenoxy) is 1. The molecule has 11 heteroatoms. The normalized spacial score (nSPS) is 25.8. The molecule has 8 atom stereocenters. The SMILES string of the molecule is C.C.CC[C@@H](C)C(=O)N[C@H](C(=O)N1CC[C@@H]2[C@H]1CCN2C(=O)OCc1ccccc1)C1CCCCC1.CC[C@@H](C)C(=O)N[C@H](C(=O)N1CC[C@H]2CCC[C@H]21)C1CCCCC1. The number of fused-ring (bicyclic) bond motifs is 2. The summed E-state index contributed by atoms with van der Waals surface area (Å²) in [5.41, 5.74) is 0.960. The molecular weight excluding hydrogens is 755 g/mol. The van der Waals surface area contributed by atoms with Gasteiger partial charge in [0.05, 0.1) is 12.1 Å². The molecule has 3 heterocycles. The molecule has 6 fully saturated rings. The van der Waals surface area contributed by atoms with Crippen LogP contribution in [0.4, 0.5) is 4.79 Å². The Morgan fingerprint density at radius 3 is 1.57 bits per heavy atom. The van der Waals surface area contributed by atoms with Crippen LogP contribution in [0.2, 0.25) is 0 Å². The van der Waals surface area contributed by atoms with Crippen molar-refractivity contribution < 1.29 is 28.7 Å². The van der Waals surface area contributed by atoms with Crippen molar-refractivity contribution in [3.05, 3.63) is 35.9 Å². The van der Waals surface area contributed by atoms with Gasteiger partial charge in [-0.2, -0.15) is 0 Å². The Hall–Kier alpha value is -3.63. The molecule has 3 saturated carbocycles. The number of amides is 5. The number of likely N-dealkylation sites (tertiary alicyclic amines) is 3. The summed E-state index contributed by atoms with van der Waals surface area (Å²) in [5.74, 6) is 1.41. The van der Waals surface area contributed by atoms with Gasteiger partial charge in [0.15, 0.2) is 0 Å². The van der Waals surface area contributed by atoms with Gasteiger partial charge in [0.1, 0.15) is 18.7 Å². The summed E-state index contributed by atoms with van der Waals surface area (Å²) in [7, 11) is 0. The molecule has 3 aliphatic carbocycles. The molecule has 0 unspecified atom stereocenters. The zero-order valence-electron chi connectivity index (χ0n) is 36.0. The maximum absolute atomic E-state index is 13.8. The first-order valence-electron chi connectivity index (χ1n) is 23.3. The lowest BCUT2D eigenvalue weighted by Gasteiger charge is -2.35. The van der Waals surface area contributed by atoms with Crippen molar-refractivity contribution in [2.24, 2.45) is 29.6 Å². The monoisotopic (exact) mass is 836 g/mol. The van der Waals surface area contributed by atoms with Crippen LogP contribution in [0.5, 0.6) is 0 Å². The van der Waals surface area contributed by atoms with E-state index in [0.29, 0.717) is 31.0 Å². The van der Waals surface area contributed by atoms with Crippen molar-refractivity contribution in [2.45, 2.75) is 195 Å². The molecule has 3 aliphatic heterocycles. The minimum Gasteiger partial charge on any atom is -0.445 e. The fraction of sp³-hybridized carbons (Fsp3) is 0.776. The van der Waals surface area contributed by atoms with E-state index in [2.05, 4.69) is 15.5 Å². The average Bonchev–Trinajstić information content (AvgIpc) is 4.08. The summed E-state index contributed by atoms with van der Waals surface area (Å²) < 4.78 is 5.58. The van der Waals surface area contributed by atoms with Gasteiger partial charge in [-0.25, -0.2) is 4.79 Å². The molecule has 3 saturated heterocycles. The molecule has 0 spiro atoms. The Kier molecular flexibility index (Phi) is 19.2. The maximum atomic E-state index is 13.8. The number of benzene rings is 1. The van der Waals surface area contributed by atoms with Gasteiger partial charge in [-0.15, -0.1) is 0 Å². The number of hydrogen-bond acceptors (Lipinski definition) is 6. The van der Waals surface area contributed by atoms with Gasteiger partial charge in [0, 0.05) is 37.5 Å². The summed E-state index contributed by atoms with van der Waals surface area (Å²) in [6, 6.07) is 9.37. The average molecular weight is 836 g/mol. The van der Waals surface area contributed by atoms with Gasteiger partial charge in [0.25, 0.3) is 0 Å². The highest BCUT2D eigenvalue weighted by molar-refractivity contribution is 5.90. The standard InChI is InChI=1S/C27H39N3O4.C20H34N2O2.2CH4/c1-3-19(2)25(31)28-24(21-12-8-5-9-13-21)26(32)29-16-14-23-22(29)15-17-30(23)27(33)34-18-20-10-6-4-7-11-20;1-3-14(2)19(23)21-18(16-8-5-4-6-9-16)20(24)22-13-12-15-10-7-11-17(15)22;;/h4,6-7,10-11,19,21-24H,3,5,8-9,12-18H2,1-2H3,(H,28,31);14-18H,3-13H2,1-2H3,(H,21,23);2*1H4/t19-,22-,23-,24+;14-,15-,17-,18+;;/m11../s1. The summed E-state index contributed by atoms with van der Waals surface area (Å²) in [6.07, 6.45) is 18.9. The summed E-state index contributed by atoms with van der Waals surface area (Å²) in [4.78, 5) is 71.1. The molecule has 11 nitrogen and oxygen atoms in total. The van der Waals surface area contributed by atoms with Crippen molar-refractivity contribution in [1.82, 2.24) is 25.3 Å². The molecular formula is C49H81N5O6. The Morgan fingerprint density at radius 1 is 0.583 bits per heavy atom. The fourth-order valence-corrected chi connectivity index (χ4v) is 10.8. The molecule has 338 valence electrons. The lowest BCUT2D eigenvalue weighted by atomic mass is 9.83. The van der Waals surface area contributed by atoms with Crippen LogP contribution in [0.25, 0.3) is 0 Å². The topological polar surface area (TPSA) is 128 Å². The molecule has 2 N–H and O–H groups in total. The molecule has 1 aromatic rings. The maximum Gasteiger partial charge on any atom is 0.410 e. The second-order valence-corrected chi connectivity index (χ2v) is 18.4. The number of nitrogens with zero attached hydrogens (tertiary/aromatic N) is 3. The molecule has 60 heavy (non-hydrogen) atoms. The second-order valence-electron chi connectivity index (χ2n) is 18.4. The van der Waals surface area contributed by atoms with E-state index in [-0.39, 0.29) is 87.1 Å². The molecule has 5 amide bonds. The molecule has 7 rings (SSSR count). The van der Waals surface area contributed by atoms with Crippen molar-refractivity contribution in [2.75, 3.05) is 19.6 Å². The van der Waals surface area contributed by atoms with Gasteiger partial charge in [-0.3, -0.25) is 19.2 Å². The van der Waals surface area contributed by atoms with Crippen LogP contribution >= 0.6 is 0 Å². The Balaban J connectivity index is 0.000000270. The van der Waals surface area contributed by atoms with Gasteiger partial charge in [-0.05, 0) is 93.9 Å². The Morgan fingerprint density at radius 2 is 1.05 bits per heavy atom. The van der Waals surface area contributed by atoms with E-state index in [1.807, 2.05) is 62.9 Å². The smallest absolute Gasteiger partial charge is 0.410 e. The van der Waals surface area contributed by atoms with Crippen LogP contribution in [0, 0.1) is 29.6 Å². The fourth-order valence-electron chi connectivity index (χ4n) is 10.8. The minimum absolute atomic E-state index is 0. The minimum atomic E-state index is -0.459. The third kappa shape index (κ3) is 11.8. The van der Waals surface area contributed by atoms with Crippen LogP contribution in [0.1, 0.15) is 164 Å². The quantitative estimate of drug-likeness (QED) is 0.217. The van der Waals surface area contributed by atoms with E-state index in [4.69, 9.17) is 4.74 Å². The van der Waals surface area contributed by atoms with Crippen LogP contribution in [0.3, 0.4) is 0 Å². The van der Waals surface area contributed by atoms with Gasteiger partial charge in [-0.1, -0.05) is 118 Å². The summed E-state index contributed by atoms with van der Waals surface area (Å²) >= 11 is 0. The van der Waals surface area contributed by atoms with Gasteiger partial charge < -0.3 is 30.1 Å². The van der Waals surface area contributed by atoms with Crippen molar-refractivity contribution >= 4 is 29.7 Å². The first-order chi connectivity index (χ1) is 28.1. The zero-order valence-corrected chi connectivity index (χ0v) is 36.0. The second kappa shape index (κ2) is 23.5. The zero-order chi connectivity index (χ0) is 41.2. The molecule has 6 aliphatic rings. The lowest BCUT2D eigenvalue weighted by Crippen LogP contribution is -2.55. The first-order valence-corrected chi connectivity index (χ1v) is 23.3. The van der Waals surface area contributed by atoms with Crippen molar-refractivity contribution in [1.29, 1.82) is 0 Å². The highest BCUT2D eigenvalue weighted by Crippen LogP contribution is 2.39. The number of rotatable bonds is 12. The number of hydrogen-bond donors (Lipinski definition) is 2. The predicted molar refractivity (Wildman–Crippen MR) is 239 cm³/mol. The molecule has 0 aromatic heterocycles. The van der Waals surface area contributed by atoms with Crippen molar-refractivity contribution in [3.63, 3.8) is 0 Å². The van der Waals surface area contributed by atoms with E-state index < -0.39 is 6.04 Å². The Bertz CT molecular complexity index is 1530. The van der Waals surface area contributed by atoms with Gasteiger partial charge in [0.2, 0.25) is 23.6 Å². The third-order valence-electron chi connectivity index (χ3n) is 14.8. The van der Waals surface area contributed by atoms with E-state index >= 15 is 0 Å². The number of carbonyl (C=O) groups excluding carboxylic acids is 5. The highest BCUT2D eigenvalue weighted by atomic mass is 16.6. The number of carbonyl (C=O) groups is 5. The number of nitrogens with one attached hydrogen (secondary N) is 2. The third-order valence-corrected chi connectivity index (χ3v) is 14.8. The molecule has 1 aromatic carbocycles. The largest absolute Gasteiger partial charge is 0.445 e. The van der Waals surface area contributed by atoms with Crippen molar-refractivity contribution in [3.8, 4) is 0 Å². The molecule has 0 bridgehead atoms. The Labute approximate surface area is 362 Å². The summed E-state index contributed by atoms with van der Waals surface area (Å²) in [5, 5.41) is 6.29. The van der Waals surface area contributed by atoms with E-state index in [0.717, 1.165) is 89.2 Å². The van der Waals surface area contributed by atoms with Crippen LogP contribution in [0.15, 0.2) is 30.3 Å². The molecule has 0 radical (unpaired) electrons. The highest BCUT2D eigenvalue weighted by Gasteiger charge is 2.49. The van der Waals surface area contributed by atoms with E-state index in [9.17, 15) is 24.0 Å². The van der Waals surface area contributed by atoms with Crippen LogP contribution in [-0.2, 0) is 30.5 Å². The van der Waals surface area contributed by atoms with Crippen LogP contribution < -0.4 is 10.6 Å². The lowest BCUT2D eigenvalue weighted by molar-refractivity contribution is -0.140. The predicted octanol–water partition coefficient (Wildman–Crippen LogP) is 8.88. The first kappa shape index (κ1) is 49.0. The van der Waals surface area contributed by atoms with E-state index in [1.54, 1.807) is 4.90 Å². The van der Waals surface area contributed by atoms with E-state index in [1.165, 1.54) is 38.5 Å². The van der Waals surface area contributed by atoms with Crippen LogP contribution in [-0.4, -0.2) is 94.3 Å².